The van der Waals surface area contributed by atoms with Crippen molar-refractivity contribution in [2.75, 3.05) is 0 Å². The third-order valence-electron chi connectivity index (χ3n) is 4.17. The van der Waals surface area contributed by atoms with Gasteiger partial charge in [0.2, 0.25) is 0 Å². The average molecular weight is 349 g/mol. The van der Waals surface area contributed by atoms with E-state index >= 15 is 0 Å². The lowest BCUT2D eigenvalue weighted by Gasteiger charge is -2.08. The molecule has 2 aromatic heterocycles. The van der Waals surface area contributed by atoms with E-state index in [2.05, 4.69) is 26.7 Å². The van der Waals surface area contributed by atoms with Crippen LogP contribution in [0.3, 0.4) is 0 Å². The SMILES string of the molecule is Cn1c(-c2ccccc2)cnc1SCc1ccc(F)c2cccnc12. The molecule has 4 aromatic rings. The maximum Gasteiger partial charge on any atom is 0.168 e. The van der Waals surface area contributed by atoms with Crippen molar-refractivity contribution in [1.29, 1.82) is 0 Å². The van der Waals surface area contributed by atoms with E-state index in [4.69, 9.17) is 0 Å². The second-order valence-corrected chi connectivity index (χ2v) is 6.69. The van der Waals surface area contributed by atoms with Crippen molar-refractivity contribution in [3.05, 3.63) is 78.4 Å². The Morgan fingerprint density at radius 2 is 1.84 bits per heavy atom. The number of thioether (sulfide) groups is 1. The summed E-state index contributed by atoms with van der Waals surface area (Å²) in [6.07, 6.45) is 3.59. The van der Waals surface area contributed by atoms with Crippen LogP contribution in [-0.4, -0.2) is 14.5 Å². The minimum atomic E-state index is -0.236. The molecule has 0 radical (unpaired) electrons. The van der Waals surface area contributed by atoms with Gasteiger partial charge in [0.05, 0.1) is 17.4 Å². The number of hydrogen-bond donors (Lipinski definition) is 0. The number of nitrogens with zero attached hydrogens (tertiary/aromatic N) is 3. The summed E-state index contributed by atoms with van der Waals surface area (Å²) in [6, 6.07) is 17.0. The van der Waals surface area contributed by atoms with Gasteiger partial charge in [-0.25, -0.2) is 9.37 Å². The molecule has 3 nitrogen and oxygen atoms in total. The second kappa shape index (κ2) is 6.69. The third-order valence-corrected chi connectivity index (χ3v) is 5.26. The number of halogens is 1. The van der Waals surface area contributed by atoms with Crippen LogP contribution < -0.4 is 0 Å². The van der Waals surface area contributed by atoms with Gasteiger partial charge in [0.25, 0.3) is 0 Å². The Labute approximate surface area is 149 Å². The van der Waals surface area contributed by atoms with Crippen LogP contribution in [0.2, 0.25) is 0 Å². The van der Waals surface area contributed by atoms with Crippen LogP contribution in [0.1, 0.15) is 5.56 Å². The van der Waals surface area contributed by atoms with Crippen LogP contribution in [0.15, 0.2) is 72.1 Å². The molecule has 0 saturated carbocycles. The van der Waals surface area contributed by atoms with Crippen LogP contribution in [0.25, 0.3) is 22.2 Å². The van der Waals surface area contributed by atoms with Crippen LogP contribution >= 0.6 is 11.8 Å². The topological polar surface area (TPSA) is 30.7 Å². The maximum absolute atomic E-state index is 13.9. The first-order chi connectivity index (χ1) is 12.2. The number of imidazole rings is 1. The van der Waals surface area contributed by atoms with Gasteiger partial charge >= 0.3 is 0 Å². The summed E-state index contributed by atoms with van der Waals surface area (Å²) in [5.74, 6) is 0.451. The van der Waals surface area contributed by atoms with E-state index in [9.17, 15) is 4.39 Å². The molecule has 0 unspecified atom stereocenters. The second-order valence-electron chi connectivity index (χ2n) is 5.75. The molecular formula is C20H16FN3S. The number of fused-ring (bicyclic) bond motifs is 1. The first-order valence-corrected chi connectivity index (χ1v) is 8.94. The number of benzene rings is 2. The first-order valence-electron chi connectivity index (χ1n) is 7.96. The molecule has 2 heterocycles. The highest BCUT2D eigenvalue weighted by Crippen LogP contribution is 2.29. The standard InChI is InChI=1S/C20H16FN3S/c1-24-18(14-6-3-2-4-7-14)12-23-20(24)25-13-15-9-10-17(21)16-8-5-11-22-19(15)16/h2-12H,13H2,1H3. The Bertz CT molecular complexity index is 1030. The molecule has 0 aliphatic carbocycles. The summed E-state index contributed by atoms with van der Waals surface area (Å²) in [5, 5.41) is 1.48. The van der Waals surface area contributed by atoms with Gasteiger partial charge in [-0.05, 0) is 29.3 Å². The lowest BCUT2D eigenvalue weighted by Crippen LogP contribution is -1.95. The van der Waals surface area contributed by atoms with Gasteiger partial charge < -0.3 is 4.57 Å². The van der Waals surface area contributed by atoms with Crippen molar-refractivity contribution in [2.45, 2.75) is 10.9 Å². The van der Waals surface area contributed by atoms with E-state index in [1.165, 1.54) is 6.07 Å². The zero-order chi connectivity index (χ0) is 17.2. The van der Waals surface area contributed by atoms with E-state index in [0.29, 0.717) is 16.7 Å². The molecule has 124 valence electrons. The predicted octanol–water partition coefficient (Wildman–Crippen LogP) is 5.07. The van der Waals surface area contributed by atoms with Gasteiger partial charge in [-0.3, -0.25) is 4.98 Å². The third kappa shape index (κ3) is 3.03. The van der Waals surface area contributed by atoms with E-state index in [1.807, 2.05) is 31.4 Å². The molecule has 25 heavy (non-hydrogen) atoms. The summed E-state index contributed by atoms with van der Waals surface area (Å²) in [7, 11) is 2.01. The smallest absolute Gasteiger partial charge is 0.168 e. The zero-order valence-electron chi connectivity index (χ0n) is 13.7. The van der Waals surface area contributed by atoms with Gasteiger partial charge in [0, 0.05) is 24.4 Å². The lowest BCUT2D eigenvalue weighted by molar-refractivity contribution is 0.639. The molecule has 0 bridgehead atoms. The van der Waals surface area contributed by atoms with Crippen molar-refractivity contribution in [3.8, 4) is 11.3 Å². The number of aromatic nitrogens is 3. The molecule has 0 atom stereocenters. The van der Waals surface area contributed by atoms with Crippen molar-refractivity contribution >= 4 is 22.7 Å². The van der Waals surface area contributed by atoms with Crippen molar-refractivity contribution in [3.63, 3.8) is 0 Å². The zero-order valence-corrected chi connectivity index (χ0v) is 14.5. The van der Waals surface area contributed by atoms with E-state index in [-0.39, 0.29) is 5.82 Å². The first kappa shape index (κ1) is 15.8. The molecular weight excluding hydrogens is 333 g/mol. The van der Waals surface area contributed by atoms with Crippen LogP contribution in [0.5, 0.6) is 0 Å². The minimum Gasteiger partial charge on any atom is -0.322 e. The Hall–Kier alpha value is -2.66. The highest BCUT2D eigenvalue weighted by atomic mass is 32.2. The largest absolute Gasteiger partial charge is 0.322 e. The van der Waals surface area contributed by atoms with E-state index < -0.39 is 0 Å². The summed E-state index contributed by atoms with van der Waals surface area (Å²) in [6.45, 7) is 0. The molecule has 0 amide bonds. The summed E-state index contributed by atoms with van der Waals surface area (Å²) in [4.78, 5) is 8.89. The van der Waals surface area contributed by atoms with Gasteiger partial charge in [-0.2, -0.15) is 0 Å². The highest BCUT2D eigenvalue weighted by molar-refractivity contribution is 7.98. The maximum atomic E-state index is 13.9. The lowest BCUT2D eigenvalue weighted by atomic mass is 10.1. The summed E-state index contributed by atoms with van der Waals surface area (Å²) >= 11 is 1.63. The molecule has 0 spiro atoms. The van der Waals surface area contributed by atoms with Gasteiger partial charge in [-0.15, -0.1) is 0 Å². The molecule has 5 heteroatoms. The molecule has 0 aliphatic heterocycles. The van der Waals surface area contributed by atoms with Gasteiger partial charge in [0.1, 0.15) is 5.82 Å². The summed E-state index contributed by atoms with van der Waals surface area (Å²) < 4.78 is 16.0. The monoisotopic (exact) mass is 349 g/mol. The minimum absolute atomic E-state index is 0.236. The van der Waals surface area contributed by atoms with E-state index in [0.717, 1.165) is 22.0 Å². The summed E-state index contributed by atoms with van der Waals surface area (Å²) in [5.41, 5.74) is 3.93. The van der Waals surface area contributed by atoms with Crippen LogP contribution in [-0.2, 0) is 12.8 Å². The number of hydrogen-bond acceptors (Lipinski definition) is 3. The highest BCUT2D eigenvalue weighted by Gasteiger charge is 2.11. The Morgan fingerprint density at radius 1 is 1.00 bits per heavy atom. The number of pyridine rings is 1. The van der Waals surface area contributed by atoms with Crippen LogP contribution in [0, 0.1) is 5.82 Å². The molecule has 2 aromatic carbocycles. The fraction of sp³-hybridized carbons (Fsp3) is 0.100. The average Bonchev–Trinajstić information content (AvgIpc) is 3.03. The van der Waals surface area contributed by atoms with Crippen molar-refractivity contribution in [1.82, 2.24) is 14.5 Å². The van der Waals surface area contributed by atoms with E-state index in [1.54, 1.807) is 36.2 Å². The fourth-order valence-electron chi connectivity index (χ4n) is 2.86. The van der Waals surface area contributed by atoms with Gasteiger partial charge in [0.15, 0.2) is 5.16 Å². The number of rotatable bonds is 4. The Balaban J connectivity index is 1.61. The Morgan fingerprint density at radius 3 is 2.68 bits per heavy atom. The van der Waals surface area contributed by atoms with Crippen LogP contribution in [0.4, 0.5) is 4.39 Å². The quantitative estimate of drug-likeness (QED) is 0.482. The molecule has 0 fully saturated rings. The molecule has 4 rings (SSSR count). The van der Waals surface area contributed by atoms with Crippen molar-refractivity contribution < 1.29 is 4.39 Å². The predicted molar refractivity (Wildman–Crippen MR) is 99.9 cm³/mol. The fourth-order valence-corrected chi connectivity index (χ4v) is 3.80. The Kier molecular flexibility index (Phi) is 4.24. The van der Waals surface area contributed by atoms with Gasteiger partial charge in [-0.1, -0.05) is 48.2 Å². The normalized spacial score (nSPS) is 11.1. The van der Waals surface area contributed by atoms with Crippen molar-refractivity contribution in [2.24, 2.45) is 7.05 Å². The molecule has 0 N–H and O–H groups in total. The molecule has 0 aliphatic rings. The molecule has 0 saturated heterocycles.